The van der Waals surface area contributed by atoms with Crippen molar-refractivity contribution < 1.29 is 38.0 Å². The lowest BCUT2D eigenvalue weighted by Crippen LogP contribution is -2.20. The van der Waals surface area contributed by atoms with Gasteiger partial charge in [0.05, 0.1) is 6.61 Å². The van der Waals surface area contributed by atoms with Crippen LogP contribution in [0.3, 0.4) is 0 Å². The number of benzene rings is 2. The molecule has 0 saturated carbocycles. The molecule has 0 atom stereocenters. The molecule has 3 rings (SSSR count). The van der Waals surface area contributed by atoms with Crippen LogP contribution >= 0.6 is 0 Å². The summed E-state index contributed by atoms with van der Waals surface area (Å²) in [5.74, 6) is -7.36. The van der Waals surface area contributed by atoms with Crippen LogP contribution in [0.15, 0.2) is 42.5 Å². The number of hydrogen-bond acceptors (Lipinski definition) is 8. The Kier molecular flexibility index (Phi) is 9.40. The minimum absolute atomic E-state index is 0.0473. The first-order valence-electron chi connectivity index (χ1n) is 11.5. The topological polar surface area (TPSA) is 210 Å². The van der Waals surface area contributed by atoms with E-state index in [1.165, 1.54) is 36.4 Å². The van der Waals surface area contributed by atoms with Gasteiger partial charge in [-0.2, -0.15) is 13.8 Å². The Morgan fingerprint density at radius 1 is 1.00 bits per heavy atom. The molecule has 0 aliphatic heterocycles. The van der Waals surface area contributed by atoms with Gasteiger partial charge in [-0.15, -0.1) is 0 Å². The van der Waals surface area contributed by atoms with Crippen LogP contribution < -0.4 is 31.0 Å². The van der Waals surface area contributed by atoms with E-state index in [9.17, 15) is 9.90 Å². The van der Waals surface area contributed by atoms with E-state index in [-0.39, 0.29) is 41.9 Å². The van der Waals surface area contributed by atoms with Gasteiger partial charge >= 0.3 is 5.97 Å². The van der Waals surface area contributed by atoms with E-state index in [1.807, 2.05) is 0 Å². The molecular weight excluding hydrogens is 518 g/mol. The first-order valence-corrected chi connectivity index (χ1v) is 11.5. The van der Waals surface area contributed by atoms with Crippen molar-refractivity contribution in [2.75, 3.05) is 11.9 Å². The number of hydrogen-bond donors (Lipinski definition) is 7. The molecule has 1 aromatic heterocycles. The van der Waals surface area contributed by atoms with E-state index in [4.69, 9.17) is 41.6 Å². The quantitative estimate of drug-likeness (QED) is 0.0923. The van der Waals surface area contributed by atoms with E-state index in [1.54, 1.807) is 6.07 Å². The number of aliphatic carboxylic acids is 1. The Balaban J connectivity index is 1.95. The lowest BCUT2D eigenvalue weighted by atomic mass is 10.2. The van der Waals surface area contributed by atoms with Gasteiger partial charge in [0.25, 0.3) is 11.8 Å². The number of aromatic nitrogens is 1. The van der Waals surface area contributed by atoms with Gasteiger partial charge in [0, 0.05) is 23.7 Å². The molecule has 0 bridgehead atoms. The summed E-state index contributed by atoms with van der Waals surface area (Å²) in [6.45, 7) is -0.153. The highest BCUT2D eigenvalue weighted by molar-refractivity contribution is 5.95. The van der Waals surface area contributed by atoms with Crippen LogP contribution in [0.5, 0.6) is 34.8 Å². The van der Waals surface area contributed by atoms with E-state index in [0.29, 0.717) is 24.9 Å². The van der Waals surface area contributed by atoms with Crippen LogP contribution in [-0.4, -0.2) is 39.6 Å². The van der Waals surface area contributed by atoms with Crippen molar-refractivity contribution in [3.05, 3.63) is 59.7 Å². The van der Waals surface area contributed by atoms with Crippen LogP contribution in [0, 0.1) is 22.5 Å². The number of ether oxygens (including phenoxy) is 3. The summed E-state index contributed by atoms with van der Waals surface area (Å²) in [5.41, 5.74) is 11.3. The molecule has 0 aliphatic carbocycles. The molecule has 1 heterocycles. The van der Waals surface area contributed by atoms with Gasteiger partial charge in [-0.1, -0.05) is 6.07 Å². The number of guanidine groups is 1. The number of carboxylic acid groups (broad SMARTS) is 1. The summed E-state index contributed by atoms with van der Waals surface area (Å²) in [5, 5.41) is 36.3. The molecule has 0 spiro atoms. The molecule has 206 valence electrons. The van der Waals surface area contributed by atoms with Crippen LogP contribution in [0.2, 0.25) is 0 Å². The number of amidine groups is 1. The van der Waals surface area contributed by atoms with Crippen molar-refractivity contribution in [3.8, 4) is 34.8 Å². The number of rotatable bonds is 13. The highest BCUT2D eigenvalue weighted by atomic mass is 19.1. The van der Waals surface area contributed by atoms with Gasteiger partial charge < -0.3 is 41.2 Å². The smallest absolute Gasteiger partial charge is 0.303 e. The number of carbonyl (C=O) groups is 1. The minimum atomic E-state index is -1.33. The van der Waals surface area contributed by atoms with Crippen molar-refractivity contribution in [1.82, 2.24) is 4.98 Å². The molecule has 0 fully saturated rings. The zero-order chi connectivity index (χ0) is 28.5. The van der Waals surface area contributed by atoms with Crippen molar-refractivity contribution in [1.29, 1.82) is 10.8 Å². The van der Waals surface area contributed by atoms with E-state index < -0.39 is 40.9 Å². The van der Waals surface area contributed by atoms with E-state index in [0.717, 1.165) is 0 Å². The fourth-order valence-electron chi connectivity index (χ4n) is 3.24. The van der Waals surface area contributed by atoms with Gasteiger partial charge in [0.15, 0.2) is 17.5 Å². The lowest BCUT2D eigenvalue weighted by Gasteiger charge is -2.16. The predicted molar refractivity (Wildman–Crippen MR) is 137 cm³/mol. The van der Waals surface area contributed by atoms with Gasteiger partial charge in [0.2, 0.25) is 17.4 Å². The maximum Gasteiger partial charge on any atom is 0.303 e. The highest BCUT2D eigenvalue weighted by Gasteiger charge is 2.26. The van der Waals surface area contributed by atoms with Crippen LogP contribution in [-0.2, 0) is 4.79 Å². The Bertz CT molecular complexity index is 1390. The number of pyridine rings is 1. The summed E-state index contributed by atoms with van der Waals surface area (Å²) in [6, 6.07) is 9.61. The second kappa shape index (κ2) is 12.9. The summed E-state index contributed by atoms with van der Waals surface area (Å²) in [6.07, 6.45) is 1.06. The SMILES string of the molecule is N=C(N)Nc1cccc(Oc2nc(Oc3cc(C(=N)N)ccc3O)c(F)c(OCCCCCC(=O)O)c2F)c1. The molecule has 0 aliphatic rings. The van der Waals surface area contributed by atoms with Crippen molar-refractivity contribution >= 4 is 23.5 Å². The molecule has 14 heteroatoms. The number of phenolic OH excluding ortho intramolecular Hbond substituents is 1. The second-order valence-corrected chi connectivity index (χ2v) is 8.10. The Labute approximate surface area is 221 Å². The number of nitrogen functional groups attached to an aromatic ring is 1. The number of phenols is 1. The highest BCUT2D eigenvalue weighted by Crippen LogP contribution is 2.39. The monoisotopic (exact) mass is 544 g/mol. The van der Waals surface area contributed by atoms with Gasteiger partial charge in [-0.25, -0.2) is 0 Å². The lowest BCUT2D eigenvalue weighted by molar-refractivity contribution is -0.137. The fourth-order valence-corrected chi connectivity index (χ4v) is 3.24. The molecule has 12 nitrogen and oxygen atoms in total. The molecular formula is C25H26F2N6O6. The molecule has 0 radical (unpaired) electrons. The van der Waals surface area contributed by atoms with Crippen LogP contribution in [0.25, 0.3) is 0 Å². The number of aromatic hydroxyl groups is 1. The van der Waals surface area contributed by atoms with Crippen LogP contribution in [0.4, 0.5) is 14.5 Å². The standard InChI is InChI=1S/C25H26F2N6O6/c26-19-21(37-10-3-1-2-7-18(35)36)20(27)24(39-17-11-13(22(28)29)8-9-16(17)34)33-23(19)38-15-6-4-5-14(12-15)32-25(30)31/h4-6,8-9,11-12,34H,1-3,7,10H2,(H3,28,29)(H,35,36)(H4,30,31,32). The normalized spacial score (nSPS) is 10.5. The van der Waals surface area contributed by atoms with Gasteiger partial charge in [0.1, 0.15) is 11.6 Å². The molecule has 3 aromatic rings. The average Bonchev–Trinajstić information content (AvgIpc) is 2.86. The fraction of sp³-hybridized carbons (Fsp3) is 0.200. The zero-order valence-corrected chi connectivity index (χ0v) is 20.5. The number of carboxylic acids is 1. The largest absolute Gasteiger partial charge is 0.504 e. The minimum Gasteiger partial charge on any atom is -0.504 e. The number of nitrogens with two attached hydrogens (primary N) is 2. The van der Waals surface area contributed by atoms with Gasteiger partial charge in [-0.05, 0) is 49.6 Å². The third-order valence-corrected chi connectivity index (χ3v) is 5.06. The summed E-state index contributed by atoms with van der Waals surface area (Å²) in [7, 11) is 0. The third kappa shape index (κ3) is 7.92. The number of nitrogens with one attached hydrogen (secondary N) is 3. The predicted octanol–water partition coefficient (Wildman–Crippen LogP) is 4.26. The van der Waals surface area contributed by atoms with Crippen molar-refractivity contribution in [3.63, 3.8) is 0 Å². The summed E-state index contributed by atoms with van der Waals surface area (Å²) in [4.78, 5) is 14.4. The molecule has 0 unspecified atom stereocenters. The Morgan fingerprint density at radius 2 is 1.72 bits per heavy atom. The molecule has 9 N–H and O–H groups in total. The Hall–Kier alpha value is -5.14. The molecule has 0 amide bonds. The number of halogens is 2. The number of unbranched alkanes of at least 4 members (excludes halogenated alkanes) is 2. The molecule has 39 heavy (non-hydrogen) atoms. The maximum absolute atomic E-state index is 15.3. The van der Waals surface area contributed by atoms with E-state index >= 15 is 8.78 Å². The Morgan fingerprint density at radius 3 is 2.38 bits per heavy atom. The summed E-state index contributed by atoms with van der Waals surface area (Å²) < 4.78 is 46.9. The van der Waals surface area contributed by atoms with E-state index in [2.05, 4.69) is 10.3 Å². The van der Waals surface area contributed by atoms with Crippen molar-refractivity contribution in [2.45, 2.75) is 25.7 Å². The average molecular weight is 545 g/mol. The third-order valence-electron chi connectivity index (χ3n) is 5.06. The molecule has 2 aromatic carbocycles. The first kappa shape index (κ1) is 28.4. The summed E-state index contributed by atoms with van der Waals surface area (Å²) >= 11 is 0. The first-order chi connectivity index (χ1) is 18.5. The number of nitrogens with zero attached hydrogens (tertiary/aromatic N) is 1. The maximum atomic E-state index is 15.3. The van der Waals surface area contributed by atoms with Gasteiger partial charge in [-0.3, -0.25) is 15.6 Å². The van der Waals surface area contributed by atoms with Crippen molar-refractivity contribution in [2.24, 2.45) is 11.5 Å². The van der Waals surface area contributed by atoms with Crippen LogP contribution in [0.1, 0.15) is 31.2 Å². The second-order valence-electron chi connectivity index (χ2n) is 8.10. The number of anilines is 1. The molecule has 0 saturated heterocycles. The zero-order valence-electron chi connectivity index (χ0n) is 20.5.